The van der Waals surface area contributed by atoms with Crippen molar-refractivity contribution in [1.82, 2.24) is 14.7 Å². The number of pyridine rings is 1. The molecule has 1 aromatic carbocycles. The van der Waals surface area contributed by atoms with Gasteiger partial charge < -0.3 is 5.32 Å². The van der Waals surface area contributed by atoms with Crippen LogP contribution < -0.4 is 5.32 Å². The second kappa shape index (κ2) is 6.69. The van der Waals surface area contributed by atoms with Gasteiger partial charge in [-0.25, -0.2) is 4.98 Å². The summed E-state index contributed by atoms with van der Waals surface area (Å²) in [6.07, 6.45) is 6.19. The minimum Gasteiger partial charge on any atom is -0.348 e. The van der Waals surface area contributed by atoms with Crippen molar-refractivity contribution < 1.29 is 4.79 Å². The molecule has 0 spiro atoms. The topological polar surface area (TPSA) is 46.4 Å². The van der Waals surface area contributed by atoms with Gasteiger partial charge in [0.15, 0.2) is 5.16 Å². The zero-order chi connectivity index (χ0) is 16.4. The molecule has 4 rings (SSSR count). The van der Waals surface area contributed by atoms with Gasteiger partial charge in [0.1, 0.15) is 0 Å². The smallest absolute Gasteiger partial charge is 0.230 e. The summed E-state index contributed by atoms with van der Waals surface area (Å²) in [5, 5.41) is 4.06. The van der Waals surface area contributed by atoms with Gasteiger partial charge in [0, 0.05) is 6.20 Å². The number of carbonyl (C=O) groups excluding carboxylic acids is 1. The molecule has 122 valence electrons. The number of carbonyl (C=O) groups is 1. The maximum atomic E-state index is 12.4. The maximum Gasteiger partial charge on any atom is 0.230 e. The van der Waals surface area contributed by atoms with Crippen molar-refractivity contribution in [2.45, 2.75) is 24.0 Å². The predicted molar refractivity (Wildman–Crippen MR) is 96.0 cm³/mol. The van der Waals surface area contributed by atoms with Gasteiger partial charge in [0.25, 0.3) is 0 Å². The van der Waals surface area contributed by atoms with Gasteiger partial charge in [-0.2, -0.15) is 0 Å². The van der Waals surface area contributed by atoms with Gasteiger partial charge in [0.05, 0.1) is 23.5 Å². The Kier molecular flexibility index (Phi) is 4.26. The Balaban J connectivity index is 1.41. The molecule has 1 aliphatic rings. The molecule has 1 N–H and O–H groups in total. The third-order valence-corrected chi connectivity index (χ3v) is 5.27. The van der Waals surface area contributed by atoms with E-state index >= 15 is 0 Å². The zero-order valence-electron chi connectivity index (χ0n) is 13.3. The lowest BCUT2D eigenvalue weighted by Gasteiger charge is -2.18. The number of hydrogen-bond donors (Lipinski definition) is 1. The van der Waals surface area contributed by atoms with Gasteiger partial charge in [-0.3, -0.25) is 9.20 Å². The number of amides is 1. The Morgan fingerprint density at radius 1 is 1.21 bits per heavy atom. The summed E-state index contributed by atoms with van der Waals surface area (Å²) in [5.41, 5.74) is 2.24. The number of imidazole rings is 1. The Hall–Kier alpha value is -2.27. The number of benzene rings is 1. The van der Waals surface area contributed by atoms with Crippen LogP contribution in [0, 0.1) is 5.92 Å². The molecule has 2 aromatic heterocycles. The van der Waals surface area contributed by atoms with E-state index in [1.165, 1.54) is 30.2 Å². The van der Waals surface area contributed by atoms with E-state index in [1.54, 1.807) is 0 Å². The third kappa shape index (κ3) is 3.31. The fourth-order valence-corrected chi connectivity index (χ4v) is 3.71. The van der Waals surface area contributed by atoms with E-state index in [2.05, 4.69) is 22.4 Å². The molecule has 0 bridgehead atoms. The number of rotatable bonds is 6. The lowest BCUT2D eigenvalue weighted by atomic mass is 10.0. The highest BCUT2D eigenvalue weighted by Crippen LogP contribution is 2.41. The van der Waals surface area contributed by atoms with Crippen molar-refractivity contribution in [3.05, 3.63) is 66.5 Å². The summed E-state index contributed by atoms with van der Waals surface area (Å²) >= 11 is 1.47. The van der Waals surface area contributed by atoms with Crippen molar-refractivity contribution in [3.63, 3.8) is 0 Å². The van der Waals surface area contributed by atoms with Crippen LogP contribution in [0.25, 0.3) is 5.52 Å². The van der Waals surface area contributed by atoms with Gasteiger partial charge >= 0.3 is 0 Å². The third-order valence-electron chi connectivity index (χ3n) is 4.31. The van der Waals surface area contributed by atoms with Crippen molar-refractivity contribution in [2.75, 3.05) is 5.75 Å². The Morgan fingerprint density at radius 2 is 2.00 bits per heavy atom. The van der Waals surface area contributed by atoms with Crippen LogP contribution in [-0.2, 0) is 4.79 Å². The molecule has 24 heavy (non-hydrogen) atoms. The van der Waals surface area contributed by atoms with Crippen LogP contribution >= 0.6 is 11.8 Å². The maximum absolute atomic E-state index is 12.4. The monoisotopic (exact) mass is 337 g/mol. The van der Waals surface area contributed by atoms with Crippen LogP contribution in [0.5, 0.6) is 0 Å². The van der Waals surface area contributed by atoms with E-state index in [0.717, 1.165) is 10.7 Å². The highest BCUT2D eigenvalue weighted by atomic mass is 32.2. The van der Waals surface area contributed by atoms with Crippen LogP contribution in [0.3, 0.4) is 0 Å². The Labute approximate surface area is 145 Å². The molecular formula is C19H19N3OS. The molecular weight excluding hydrogens is 318 g/mol. The average molecular weight is 337 g/mol. The predicted octanol–water partition coefficient (Wildman–Crippen LogP) is 3.69. The molecule has 5 heteroatoms. The average Bonchev–Trinajstić information content (AvgIpc) is 3.38. The highest BCUT2D eigenvalue weighted by Gasteiger charge is 2.33. The molecule has 2 heterocycles. The fourth-order valence-electron chi connectivity index (χ4n) is 2.93. The first-order valence-electron chi connectivity index (χ1n) is 8.20. The number of nitrogens with zero attached hydrogens (tertiary/aromatic N) is 2. The van der Waals surface area contributed by atoms with E-state index in [4.69, 9.17) is 0 Å². The largest absolute Gasteiger partial charge is 0.348 e. The number of nitrogens with one attached hydrogen (secondary N) is 1. The SMILES string of the molecule is O=C(CSc1ncc2ccccn12)NC(c1ccccc1)C1CC1. The van der Waals surface area contributed by atoms with Crippen molar-refractivity contribution in [3.8, 4) is 0 Å². The van der Waals surface area contributed by atoms with E-state index < -0.39 is 0 Å². The summed E-state index contributed by atoms with van der Waals surface area (Å²) in [6.45, 7) is 0. The summed E-state index contributed by atoms with van der Waals surface area (Å²) in [5.74, 6) is 1.02. The molecule has 1 amide bonds. The number of hydrogen-bond acceptors (Lipinski definition) is 3. The molecule has 1 aliphatic carbocycles. The number of aromatic nitrogens is 2. The molecule has 1 atom stereocenters. The molecule has 1 unspecified atom stereocenters. The second-order valence-electron chi connectivity index (χ2n) is 6.12. The summed E-state index contributed by atoms with van der Waals surface area (Å²) < 4.78 is 2.01. The Bertz CT molecular complexity index is 842. The van der Waals surface area contributed by atoms with Gasteiger partial charge in [-0.1, -0.05) is 48.2 Å². The number of thioether (sulfide) groups is 1. The first-order valence-corrected chi connectivity index (χ1v) is 9.19. The second-order valence-corrected chi connectivity index (χ2v) is 7.06. The van der Waals surface area contributed by atoms with E-state index in [1.807, 2.05) is 53.2 Å². The van der Waals surface area contributed by atoms with Crippen molar-refractivity contribution in [2.24, 2.45) is 5.92 Å². The fraction of sp³-hybridized carbons (Fsp3) is 0.263. The zero-order valence-corrected chi connectivity index (χ0v) is 14.1. The Morgan fingerprint density at radius 3 is 2.79 bits per heavy atom. The summed E-state index contributed by atoms with van der Waals surface area (Å²) in [7, 11) is 0. The molecule has 1 saturated carbocycles. The van der Waals surface area contributed by atoms with Gasteiger partial charge in [0.2, 0.25) is 5.91 Å². The van der Waals surface area contributed by atoms with Crippen LogP contribution in [0.15, 0.2) is 66.1 Å². The molecule has 3 aromatic rings. The van der Waals surface area contributed by atoms with E-state index in [9.17, 15) is 4.79 Å². The molecule has 4 nitrogen and oxygen atoms in total. The lowest BCUT2D eigenvalue weighted by molar-refractivity contribution is -0.119. The van der Waals surface area contributed by atoms with E-state index in [0.29, 0.717) is 11.7 Å². The molecule has 1 fully saturated rings. The minimum atomic E-state index is 0.0634. The molecule has 0 radical (unpaired) electrons. The van der Waals surface area contributed by atoms with Crippen LogP contribution in [0.2, 0.25) is 0 Å². The van der Waals surface area contributed by atoms with Crippen LogP contribution in [0.4, 0.5) is 0 Å². The standard InChI is InChI=1S/C19H19N3OS/c23-17(13-24-19-20-12-16-8-4-5-11-22(16)19)21-18(15-9-10-15)14-6-2-1-3-7-14/h1-8,11-12,15,18H,9-10,13H2,(H,21,23). The highest BCUT2D eigenvalue weighted by molar-refractivity contribution is 7.99. The van der Waals surface area contributed by atoms with Crippen molar-refractivity contribution in [1.29, 1.82) is 0 Å². The van der Waals surface area contributed by atoms with Crippen LogP contribution in [-0.4, -0.2) is 21.0 Å². The van der Waals surface area contributed by atoms with E-state index in [-0.39, 0.29) is 11.9 Å². The first-order chi connectivity index (χ1) is 11.8. The summed E-state index contributed by atoms with van der Waals surface area (Å²) in [6, 6.07) is 16.4. The normalized spacial score (nSPS) is 15.3. The first kappa shape index (κ1) is 15.3. The van der Waals surface area contributed by atoms with Gasteiger partial charge in [-0.15, -0.1) is 0 Å². The van der Waals surface area contributed by atoms with Crippen molar-refractivity contribution >= 4 is 23.2 Å². The summed E-state index contributed by atoms with van der Waals surface area (Å²) in [4.78, 5) is 16.8. The molecule has 0 aliphatic heterocycles. The number of fused-ring (bicyclic) bond motifs is 1. The molecule has 0 saturated heterocycles. The quantitative estimate of drug-likeness (QED) is 0.698. The van der Waals surface area contributed by atoms with Crippen LogP contribution in [0.1, 0.15) is 24.4 Å². The minimum absolute atomic E-state index is 0.0634. The van der Waals surface area contributed by atoms with Gasteiger partial charge in [-0.05, 0) is 36.5 Å². The lowest BCUT2D eigenvalue weighted by Crippen LogP contribution is -2.31.